The van der Waals surface area contributed by atoms with E-state index in [0.717, 1.165) is 0 Å². The minimum absolute atomic E-state index is 0.101. The third-order valence-corrected chi connectivity index (χ3v) is 4.55. The normalized spacial score (nSPS) is 15.9. The molecule has 1 fully saturated rings. The molecule has 1 aliphatic heterocycles. The SMILES string of the molecule is CCC(=O)NC1CN(c2ccc(-c3ccc(-c4noc(C)n4)nc3)c(F)c2)C(=O)O1. The molecule has 9 nitrogen and oxygen atoms in total. The number of amides is 2. The lowest BCUT2D eigenvalue weighted by Crippen LogP contribution is -2.37. The lowest BCUT2D eigenvalue weighted by atomic mass is 10.1. The summed E-state index contributed by atoms with van der Waals surface area (Å²) in [5.41, 5.74) is 1.72. The largest absolute Gasteiger partial charge is 0.423 e. The van der Waals surface area contributed by atoms with Crippen LogP contribution in [0.2, 0.25) is 0 Å². The molecule has 1 aromatic carbocycles. The molecule has 2 amide bonds. The summed E-state index contributed by atoms with van der Waals surface area (Å²) in [4.78, 5) is 33.2. The van der Waals surface area contributed by atoms with Crippen molar-refractivity contribution in [2.75, 3.05) is 11.4 Å². The Morgan fingerprint density at radius 2 is 2.17 bits per heavy atom. The Labute approximate surface area is 170 Å². The molecule has 154 valence electrons. The van der Waals surface area contributed by atoms with Gasteiger partial charge in [0, 0.05) is 30.7 Å². The number of ether oxygens (including phenoxy) is 1. The predicted octanol–water partition coefficient (Wildman–Crippen LogP) is 3.06. The van der Waals surface area contributed by atoms with E-state index >= 15 is 0 Å². The molecule has 0 aliphatic carbocycles. The van der Waals surface area contributed by atoms with Gasteiger partial charge < -0.3 is 14.6 Å². The molecular weight excluding hydrogens is 393 g/mol. The molecule has 4 rings (SSSR count). The molecule has 3 heterocycles. The maximum absolute atomic E-state index is 14.8. The van der Waals surface area contributed by atoms with Crippen molar-refractivity contribution < 1.29 is 23.2 Å². The summed E-state index contributed by atoms with van der Waals surface area (Å²) >= 11 is 0. The highest BCUT2D eigenvalue weighted by atomic mass is 19.1. The molecule has 1 unspecified atom stereocenters. The standard InChI is InChI=1S/C20H18FN5O4/c1-3-17(27)24-18-10-26(20(28)29-18)13-5-6-14(15(21)8-13)12-4-7-16(22-9-12)19-23-11(2)30-25-19/h4-9,18H,3,10H2,1-2H3,(H,24,27). The van der Waals surface area contributed by atoms with E-state index in [0.29, 0.717) is 34.2 Å². The zero-order valence-electron chi connectivity index (χ0n) is 16.3. The second-order valence-corrected chi connectivity index (χ2v) is 6.64. The van der Waals surface area contributed by atoms with E-state index in [4.69, 9.17) is 9.26 Å². The molecule has 2 aromatic heterocycles. The van der Waals surface area contributed by atoms with Gasteiger partial charge in [-0.15, -0.1) is 0 Å². The van der Waals surface area contributed by atoms with Crippen molar-refractivity contribution in [3.8, 4) is 22.6 Å². The fourth-order valence-electron chi connectivity index (χ4n) is 3.03. The highest BCUT2D eigenvalue weighted by Gasteiger charge is 2.33. The third kappa shape index (κ3) is 3.84. The monoisotopic (exact) mass is 411 g/mol. The second kappa shape index (κ2) is 7.90. The van der Waals surface area contributed by atoms with Crippen molar-refractivity contribution in [2.45, 2.75) is 26.5 Å². The van der Waals surface area contributed by atoms with E-state index in [1.165, 1.54) is 17.2 Å². The molecular formula is C20H18FN5O4. The van der Waals surface area contributed by atoms with Gasteiger partial charge in [-0.3, -0.25) is 14.7 Å². The van der Waals surface area contributed by atoms with E-state index in [1.54, 1.807) is 38.1 Å². The molecule has 1 aliphatic rings. The van der Waals surface area contributed by atoms with Crippen molar-refractivity contribution in [3.63, 3.8) is 0 Å². The Morgan fingerprint density at radius 3 is 2.80 bits per heavy atom. The molecule has 0 saturated carbocycles. The second-order valence-electron chi connectivity index (χ2n) is 6.64. The van der Waals surface area contributed by atoms with Crippen LogP contribution in [-0.2, 0) is 9.53 Å². The number of aromatic nitrogens is 3. The number of carbonyl (C=O) groups excluding carboxylic acids is 2. The van der Waals surface area contributed by atoms with Crippen LogP contribution in [0.1, 0.15) is 19.2 Å². The lowest BCUT2D eigenvalue weighted by molar-refractivity contribution is -0.123. The Hall–Kier alpha value is -3.82. The van der Waals surface area contributed by atoms with Gasteiger partial charge in [-0.2, -0.15) is 4.98 Å². The van der Waals surface area contributed by atoms with Crippen molar-refractivity contribution in [2.24, 2.45) is 0 Å². The first kappa shape index (κ1) is 19.5. The highest BCUT2D eigenvalue weighted by molar-refractivity contribution is 5.90. The third-order valence-electron chi connectivity index (χ3n) is 4.55. The summed E-state index contributed by atoms with van der Waals surface area (Å²) in [6.07, 6.45) is 0.374. The van der Waals surface area contributed by atoms with Crippen LogP contribution in [0.4, 0.5) is 14.9 Å². The summed E-state index contributed by atoms with van der Waals surface area (Å²) in [7, 11) is 0. The molecule has 3 aromatic rings. The number of cyclic esters (lactones) is 1. The summed E-state index contributed by atoms with van der Waals surface area (Å²) in [5, 5.41) is 6.39. The van der Waals surface area contributed by atoms with E-state index in [-0.39, 0.29) is 18.9 Å². The van der Waals surface area contributed by atoms with Gasteiger partial charge in [-0.25, -0.2) is 9.18 Å². The topological polar surface area (TPSA) is 110 Å². The molecule has 30 heavy (non-hydrogen) atoms. The Balaban J connectivity index is 1.52. The van der Waals surface area contributed by atoms with Gasteiger partial charge >= 0.3 is 6.09 Å². The first-order chi connectivity index (χ1) is 14.4. The number of rotatable bonds is 5. The Morgan fingerprint density at radius 1 is 1.33 bits per heavy atom. The van der Waals surface area contributed by atoms with Crippen LogP contribution in [0.3, 0.4) is 0 Å². The molecule has 1 atom stereocenters. The van der Waals surface area contributed by atoms with Gasteiger partial charge in [0.15, 0.2) is 6.23 Å². The highest BCUT2D eigenvalue weighted by Crippen LogP contribution is 2.29. The molecule has 0 spiro atoms. The van der Waals surface area contributed by atoms with Crippen LogP contribution in [0.15, 0.2) is 41.1 Å². The van der Waals surface area contributed by atoms with E-state index in [1.807, 2.05) is 0 Å². The number of nitrogens with one attached hydrogen (secondary N) is 1. The van der Waals surface area contributed by atoms with E-state index < -0.39 is 18.1 Å². The minimum atomic E-state index is -0.766. The van der Waals surface area contributed by atoms with Crippen LogP contribution in [0.5, 0.6) is 0 Å². The van der Waals surface area contributed by atoms with Crippen LogP contribution in [-0.4, -0.2) is 39.9 Å². The number of carbonyl (C=O) groups is 2. The minimum Gasteiger partial charge on any atom is -0.423 e. The van der Waals surface area contributed by atoms with E-state index in [2.05, 4.69) is 20.4 Å². The van der Waals surface area contributed by atoms with Gasteiger partial charge in [0.05, 0.1) is 12.2 Å². The van der Waals surface area contributed by atoms with Gasteiger partial charge in [0.2, 0.25) is 17.6 Å². The molecule has 0 bridgehead atoms. The summed E-state index contributed by atoms with van der Waals surface area (Å²) in [6, 6.07) is 7.79. The summed E-state index contributed by atoms with van der Waals surface area (Å²) < 4.78 is 24.8. The lowest BCUT2D eigenvalue weighted by Gasteiger charge is -2.14. The maximum atomic E-state index is 14.8. The number of nitrogens with zero attached hydrogens (tertiary/aromatic N) is 4. The molecule has 0 radical (unpaired) electrons. The van der Waals surface area contributed by atoms with Crippen LogP contribution < -0.4 is 10.2 Å². The molecule has 10 heteroatoms. The van der Waals surface area contributed by atoms with Crippen LogP contribution in [0, 0.1) is 12.7 Å². The number of benzene rings is 1. The molecule has 1 N–H and O–H groups in total. The summed E-state index contributed by atoms with van der Waals surface area (Å²) in [5.74, 6) is 0.0241. The average molecular weight is 411 g/mol. The number of aryl methyl sites for hydroxylation is 1. The van der Waals surface area contributed by atoms with Gasteiger partial charge in [-0.05, 0) is 24.3 Å². The maximum Gasteiger partial charge on any atom is 0.416 e. The van der Waals surface area contributed by atoms with Crippen molar-refractivity contribution in [1.29, 1.82) is 0 Å². The Kier molecular flexibility index (Phi) is 5.13. The number of hydrogen-bond acceptors (Lipinski definition) is 7. The zero-order chi connectivity index (χ0) is 21.3. The fourth-order valence-corrected chi connectivity index (χ4v) is 3.03. The quantitative estimate of drug-likeness (QED) is 0.687. The number of pyridine rings is 1. The smallest absolute Gasteiger partial charge is 0.416 e. The predicted molar refractivity (Wildman–Crippen MR) is 104 cm³/mol. The zero-order valence-corrected chi connectivity index (χ0v) is 16.3. The Bertz CT molecular complexity index is 1100. The van der Waals surface area contributed by atoms with Crippen molar-refractivity contribution >= 4 is 17.7 Å². The average Bonchev–Trinajstić information content (AvgIpc) is 3.33. The van der Waals surface area contributed by atoms with Gasteiger partial charge in [0.25, 0.3) is 0 Å². The number of anilines is 1. The fraction of sp³-hybridized carbons (Fsp3) is 0.250. The van der Waals surface area contributed by atoms with Crippen LogP contribution >= 0.6 is 0 Å². The summed E-state index contributed by atoms with van der Waals surface area (Å²) in [6.45, 7) is 3.48. The van der Waals surface area contributed by atoms with E-state index in [9.17, 15) is 14.0 Å². The van der Waals surface area contributed by atoms with Gasteiger partial charge in [0.1, 0.15) is 11.5 Å². The van der Waals surface area contributed by atoms with Crippen molar-refractivity contribution in [1.82, 2.24) is 20.4 Å². The number of hydrogen-bond donors (Lipinski definition) is 1. The van der Waals surface area contributed by atoms with Gasteiger partial charge in [-0.1, -0.05) is 18.1 Å². The molecule has 1 saturated heterocycles. The van der Waals surface area contributed by atoms with Crippen LogP contribution in [0.25, 0.3) is 22.6 Å². The first-order valence-electron chi connectivity index (χ1n) is 9.28. The number of halogens is 1. The van der Waals surface area contributed by atoms with Crippen molar-refractivity contribution in [3.05, 3.63) is 48.2 Å². The first-order valence-corrected chi connectivity index (χ1v) is 9.28.